The van der Waals surface area contributed by atoms with Gasteiger partial charge in [0, 0.05) is 5.38 Å². The molecule has 2 aromatic heterocycles. The van der Waals surface area contributed by atoms with E-state index in [1.165, 1.54) is 11.3 Å². The van der Waals surface area contributed by atoms with Crippen molar-refractivity contribution in [3.63, 3.8) is 0 Å². The van der Waals surface area contributed by atoms with E-state index in [1.807, 2.05) is 10.8 Å². The molecule has 7 nitrogen and oxygen atoms in total. The third kappa shape index (κ3) is 3.11. The quantitative estimate of drug-likeness (QED) is 0.843. The van der Waals surface area contributed by atoms with E-state index in [0.717, 1.165) is 12.8 Å². The molecule has 24 heavy (non-hydrogen) atoms. The van der Waals surface area contributed by atoms with Gasteiger partial charge in [-0.15, -0.1) is 0 Å². The van der Waals surface area contributed by atoms with Crippen molar-refractivity contribution in [1.29, 1.82) is 0 Å². The molecular formula is C15H19N3O4S2. The van der Waals surface area contributed by atoms with E-state index in [0.29, 0.717) is 18.5 Å². The number of nitrogens with one attached hydrogen (secondary N) is 2. The van der Waals surface area contributed by atoms with Gasteiger partial charge in [-0.2, -0.15) is 16.1 Å². The molecule has 1 saturated carbocycles. The number of nitrogens with zero attached hydrogens (tertiary/aromatic N) is 1. The predicted molar refractivity (Wildman–Crippen MR) is 90.4 cm³/mol. The van der Waals surface area contributed by atoms with Crippen molar-refractivity contribution in [3.05, 3.63) is 28.3 Å². The second-order valence-electron chi connectivity index (χ2n) is 6.01. The highest BCUT2D eigenvalue weighted by Gasteiger charge is 2.45. The van der Waals surface area contributed by atoms with Crippen molar-refractivity contribution in [2.45, 2.75) is 50.0 Å². The summed E-state index contributed by atoms with van der Waals surface area (Å²) in [6.07, 6.45) is 2.51. The first-order chi connectivity index (χ1) is 11.3. The highest BCUT2D eigenvalue weighted by atomic mass is 32.2. The zero-order valence-electron chi connectivity index (χ0n) is 13.5. The Kier molecular flexibility index (Phi) is 4.50. The number of amides is 1. The average molecular weight is 369 g/mol. The minimum Gasteiger partial charge on any atom is -0.360 e. The summed E-state index contributed by atoms with van der Waals surface area (Å²) in [5.74, 6) is -0.111. The molecule has 130 valence electrons. The summed E-state index contributed by atoms with van der Waals surface area (Å²) in [5.41, 5.74) is -0.184. The molecule has 1 amide bonds. The highest BCUT2D eigenvalue weighted by molar-refractivity contribution is 7.89. The smallest absolute Gasteiger partial charge is 0.246 e. The van der Waals surface area contributed by atoms with Gasteiger partial charge < -0.3 is 9.84 Å². The van der Waals surface area contributed by atoms with Crippen LogP contribution in [0.2, 0.25) is 0 Å². The lowest BCUT2D eigenvalue weighted by Crippen LogP contribution is -2.54. The van der Waals surface area contributed by atoms with Crippen LogP contribution in [-0.4, -0.2) is 25.0 Å². The van der Waals surface area contributed by atoms with Crippen LogP contribution < -0.4 is 10.0 Å². The molecule has 3 rings (SSSR count). The first-order valence-electron chi connectivity index (χ1n) is 7.65. The minimum atomic E-state index is -3.91. The number of carbonyl (C=O) groups excluding carboxylic acids is 1. The van der Waals surface area contributed by atoms with Crippen LogP contribution in [0.15, 0.2) is 26.2 Å². The first kappa shape index (κ1) is 17.1. The van der Waals surface area contributed by atoms with Crippen LogP contribution in [0.4, 0.5) is 5.69 Å². The third-order valence-corrected chi connectivity index (χ3v) is 6.70. The van der Waals surface area contributed by atoms with Crippen molar-refractivity contribution in [2.75, 3.05) is 5.32 Å². The SMILES string of the molecule is Cc1noc(C)c1S(=O)(=O)NC1(C(=O)Nc2ccsc2)CCCC1. The van der Waals surface area contributed by atoms with Crippen molar-refractivity contribution < 1.29 is 17.7 Å². The topological polar surface area (TPSA) is 101 Å². The van der Waals surface area contributed by atoms with Gasteiger partial charge in [0.1, 0.15) is 16.1 Å². The molecule has 0 radical (unpaired) electrons. The monoisotopic (exact) mass is 369 g/mol. The van der Waals surface area contributed by atoms with Crippen LogP contribution in [0.1, 0.15) is 37.1 Å². The Morgan fingerprint density at radius 1 is 1.33 bits per heavy atom. The Balaban J connectivity index is 1.90. The molecule has 1 aliphatic carbocycles. The normalized spacial score (nSPS) is 17.1. The van der Waals surface area contributed by atoms with E-state index in [9.17, 15) is 13.2 Å². The number of sulfonamides is 1. The molecule has 2 heterocycles. The van der Waals surface area contributed by atoms with Gasteiger partial charge in [0.25, 0.3) is 0 Å². The van der Waals surface area contributed by atoms with Gasteiger partial charge in [0.2, 0.25) is 15.9 Å². The zero-order valence-corrected chi connectivity index (χ0v) is 15.1. The Hall–Kier alpha value is -1.71. The summed E-state index contributed by atoms with van der Waals surface area (Å²) < 4.78 is 33.2. The van der Waals surface area contributed by atoms with Crippen LogP contribution in [0, 0.1) is 13.8 Å². The van der Waals surface area contributed by atoms with Crippen molar-refractivity contribution in [2.24, 2.45) is 0 Å². The second-order valence-corrected chi connectivity index (χ2v) is 8.41. The Bertz CT molecular complexity index is 815. The van der Waals surface area contributed by atoms with E-state index < -0.39 is 15.6 Å². The molecule has 1 aliphatic rings. The van der Waals surface area contributed by atoms with Crippen LogP contribution >= 0.6 is 11.3 Å². The molecule has 1 fully saturated rings. The first-order valence-corrected chi connectivity index (χ1v) is 10.1. The summed E-state index contributed by atoms with van der Waals surface area (Å²) >= 11 is 1.46. The summed E-state index contributed by atoms with van der Waals surface area (Å²) in [6, 6.07) is 1.79. The highest BCUT2D eigenvalue weighted by Crippen LogP contribution is 2.33. The maximum absolute atomic E-state index is 12.8. The minimum absolute atomic E-state index is 0.0112. The van der Waals surface area contributed by atoms with E-state index >= 15 is 0 Å². The number of anilines is 1. The van der Waals surface area contributed by atoms with Crippen LogP contribution in [0.3, 0.4) is 0 Å². The lowest BCUT2D eigenvalue weighted by Gasteiger charge is -2.28. The van der Waals surface area contributed by atoms with Gasteiger partial charge in [0.15, 0.2) is 5.76 Å². The molecule has 0 spiro atoms. The standard InChI is InChI=1S/C15H19N3O4S2/c1-10-13(11(2)22-17-10)24(20,21)18-15(6-3-4-7-15)14(19)16-12-5-8-23-9-12/h5,8-9,18H,3-4,6-7H2,1-2H3,(H,16,19). The van der Waals surface area contributed by atoms with Crippen molar-refractivity contribution >= 4 is 33.0 Å². The zero-order chi connectivity index (χ0) is 17.4. The summed E-state index contributed by atoms with van der Waals surface area (Å²) in [4.78, 5) is 12.8. The molecule has 2 aromatic rings. The number of rotatable bonds is 5. The van der Waals surface area contributed by atoms with Crippen LogP contribution in [-0.2, 0) is 14.8 Å². The summed E-state index contributed by atoms with van der Waals surface area (Å²) in [7, 11) is -3.91. The number of hydrogen-bond acceptors (Lipinski definition) is 6. The molecule has 0 aromatic carbocycles. The number of hydrogen-bond donors (Lipinski definition) is 2. The van der Waals surface area contributed by atoms with Crippen LogP contribution in [0.25, 0.3) is 0 Å². The van der Waals surface area contributed by atoms with Gasteiger partial charge in [0.05, 0.1) is 5.69 Å². The average Bonchev–Trinajstić information content (AvgIpc) is 3.22. The van der Waals surface area contributed by atoms with Gasteiger partial charge >= 0.3 is 0 Å². The fourth-order valence-corrected chi connectivity index (χ4v) is 5.45. The van der Waals surface area contributed by atoms with Gasteiger partial charge in [-0.05, 0) is 38.1 Å². The maximum Gasteiger partial charge on any atom is 0.246 e. The second kappa shape index (κ2) is 6.30. The van der Waals surface area contributed by atoms with Crippen LogP contribution in [0.5, 0.6) is 0 Å². The number of thiophene rings is 1. The molecule has 0 atom stereocenters. The molecular weight excluding hydrogens is 350 g/mol. The Morgan fingerprint density at radius 2 is 2.04 bits per heavy atom. The van der Waals surface area contributed by atoms with Gasteiger partial charge in [-0.3, -0.25) is 4.79 Å². The third-order valence-electron chi connectivity index (χ3n) is 4.24. The molecule has 0 bridgehead atoms. The fraction of sp³-hybridized carbons (Fsp3) is 0.467. The molecule has 9 heteroatoms. The van der Waals surface area contributed by atoms with Crippen molar-refractivity contribution in [3.8, 4) is 0 Å². The van der Waals surface area contributed by atoms with E-state index in [4.69, 9.17) is 4.52 Å². The van der Waals surface area contributed by atoms with E-state index in [-0.39, 0.29) is 22.3 Å². The van der Waals surface area contributed by atoms with E-state index in [1.54, 1.807) is 19.9 Å². The molecule has 0 unspecified atom stereocenters. The van der Waals surface area contributed by atoms with E-state index in [2.05, 4.69) is 15.2 Å². The molecule has 0 aliphatic heterocycles. The molecule has 0 saturated heterocycles. The lowest BCUT2D eigenvalue weighted by molar-refractivity contribution is -0.121. The molecule has 2 N–H and O–H groups in total. The lowest BCUT2D eigenvalue weighted by atomic mass is 9.98. The Labute approximate surface area is 144 Å². The fourth-order valence-electron chi connectivity index (χ4n) is 3.11. The predicted octanol–water partition coefficient (Wildman–Crippen LogP) is 2.58. The number of carbonyl (C=O) groups is 1. The van der Waals surface area contributed by atoms with Gasteiger partial charge in [-0.25, -0.2) is 8.42 Å². The van der Waals surface area contributed by atoms with Crippen molar-refractivity contribution in [1.82, 2.24) is 9.88 Å². The summed E-state index contributed by atoms with van der Waals surface area (Å²) in [5, 5.41) is 10.2. The largest absolute Gasteiger partial charge is 0.360 e. The number of aryl methyl sites for hydroxylation is 2. The van der Waals surface area contributed by atoms with Gasteiger partial charge in [-0.1, -0.05) is 18.0 Å². The maximum atomic E-state index is 12.8. The summed E-state index contributed by atoms with van der Waals surface area (Å²) in [6.45, 7) is 3.11. The Morgan fingerprint density at radius 3 is 2.58 bits per heavy atom. The number of aromatic nitrogens is 1.